The van der Waals surface area contributed by atoms with Gasteiger partial charge in [-0.3, -0.25) is 0 Å². The molecule has 1 aromatic carbocycles. The van der Waals surface area contributed by atoms with E-state index < -0.39 is 0 Å². The minimum atomic E-state index is 0.483. The zero-order valence-corrected chi connectivity index (χ0v) is 8.49. The van der Waals surface area contributed by atoms with Gasteiger partial charge in [0.25, 0.3) is 0 Å². The first kappa shape index (κ1) is 9.09. The van der Waals surface area contributed by atoms with Gasteiger partial charge >= 0.3 is 0 Å². The molecule has 0 atom stereocenters. The number of rotatable bonds is 1. The van der Waals surface area contributed by atoms with E-state index in [9.17, 15) is 0 Å². The van der Waals surface area contributed by atoms with Gasteiger partial charge < -0.3 is 10.3 Å². The highest BCUT2D eigenvalue weighted by molar-refractivity contribution is 6.28. The van der Waals surface area contributed by atoms with Crippen LogP contribution in [0.25, 0.3) is 11.3 Å². The number of hydrogen-bond donors (Lipinski definition) is 1. The van der Waals surface area contributed by atoms with Crippen molar-refractivity contribution < 1.29 is 0 Å². The van der Waals surface area contributed by atoms with Crippen LogP contribution in [0.1, 0.15) is 0 Å². The molecule has 0 saturated heterocycles. The summed E-state index contributed by atoms with van der Waals surface area (Å²) in [6.45, 7) is 0. The molecule has 2 aromatic rings. The van der Waals surface area contributed by atoms with Gasteiger partial charge in [0.1, 0.15) is 0 Å². The van der Waals surface area contributed by atoms with E-state index in [-0.39, 0.29) is 0 Å². The molecule has 0 unspecified atom stereocenters. The number of benzene rings is 1. The molecule has 14 heavy (non-hydrogen) atoms. The summed E-state index contributed by atoms with van der Waals surface area (Å²) in [7, 11) is 1.88. The van der Waals surface area contributed by atoms with Gasteiger partial charge in [0.05, 0.1) is 11.9 Å². The third-order valence-electron chi connectivity index (χ3n) is 2.14. The van der Waals surface area contributed by atoms with Gasteiger partial charge in [-0.1, -0.05) is 12.1 Å². The molecule has 0 aliphatic rings. The Morgan fingerprint density at radius 1 is 1.29 bits per heavy atom. The van der Waals surface area contributed by atoms with Gasteiger partial charge in [-0.2, -0.15) is 0 Å². The van der Waals surface area contributed by atoms with Crippen molar-refractivity contribution in [2.24, 2.45) is 7.05 Å². The lowest BCUT2D eigenvalue weighted by Gasteiger charge is -2.02. The fourth-order valence-electron chi connectivity index (χ4n) is 1.31. The Kier molecular flexibility index (Phi) is 2.17. The number of nitrogens with two attached hydrogens (primary N) is 1. The summed E-state index contributed by atoms with van der Waals surface area (Å²) in [5, 5.41) is 0.483. The van der Waals surface area contributed by atoms with Gasteiger partial charge in [-0.05, 0) is 29.3 Å². The van der Waals surface area contributed by atoms with Crippen molar-refractivity contribution in [1.82, 2.24) is 9.55 Å². The maximum absolute atomic E-state index is 5.84. The zero-order valence-electron chi connectivity index (χ0n) is 7.74. The number of imidazole rings is 1. The van der Waals surface area contributed by atoms with Crippen molar-refractivity contribution in [3.05, 3.63) is 35.7 Å². The molecule has 0 aliphatic heterocycles. The minimum Gasteiger partial charge on any atom is -0.399 e. The standard InChI is InChI=1S/C10H10ClN3/c1-14-9(6-13-10(14)11)7-2-4-8(12)5-3-7/h2-6H,12H2,1H3. The van der Waals surface area contributed by atoms with Gasteiger partial charge in [0.2, 0.25) is 5.28 Å². The van der Waals surface area contributed by atoms with Crippen molar-refractivity contribution in [3.63, 3.8) is 0 Å². The van der Waals surface area contributed by atoms with Crippen molar-refractivity contribution in [2.45, 2.75) is 0 Å². The third-order valence-corrected chi connectivity index (χ3v) is 2.49. The molecule has 2 rings (SSSR count). The molecule has 1 aromatic heterocycles. The fourth-order valence-corrected chi connectivity index (χ4v) is 1.45. The second-order valence-corrected chi connectivity index (χ2v) is 3.43. The molecular formula is C10H10ClN3. The molecule has 2 N–H and O–H groups in total. The second-order valence-electron chi connectivity index (χ2n) is 3.09. The number of hydrogen-bond acceptors (Lipinski definition) is 2. The van der Waals surface area contributed by atoms with Crippen LogP contribution in [0, 0.1) is 0 Å². The van der Waals surface area contributed by atoms with Crippen molar-refractivity contribution in [2.75, 3.05) is 5.73 Å². The average molecular weight is 208 g/mol. The van der Waals surface area contributed by atoms with Crippen LogP contribution in [0.15, 0.2) is 30.5 Å². The molecule has 72 valence electrons. The van der Waals surface area contributed by atoms with Gasteiger partial charge in [0, 0.05) is 12.7 Å². The molecule has 0 saturated carbocycles. The maximum atomic E-state index is 5.84. The van der Waals surface area contributed by atoms with Crippen molar-refractivity contribution in [1.29, 1.82) is 0 Å². The lowest BCUT2D eigenvalue weighted by molar-refractivity contribution is 0.922. The summed E-state index contributed by atoms with van der Waals surface area (Å²) in [4.78, 5) is 4.01. The maximum Gasteiger partial charge on any atom is 0.202 e. The van der Waals surface area contributed by atoms with Crippen molar-refractivity contribution >= 4 is 17.3 Å². The van der Waals surface area contributed by atoms with Crippen LogP contribution >= 0.6 is 11.6 Å². The van der Waals surface area contributed by atoms with E-state index in [2.05, 4.69) is 4.98 Å². The Balaban J connectivity index is 2.49. The summed E-state index contributed by atoms with van der Waals surface area (Å²) in [6.07, 6.45) is 1.74. The monoisotopic (exact) mass is 207 g/mol. The topological polar surface area (TPSA) is 43.8 Å². The number of aromatic nitrogens is 2. The predicted molar refractivity (Wildman–Crippen MR) is 58.1 cm³/mol. The molecule has 0 amide bonds. The fraction of sp³-hybridized carbons (Fsp3) is 0.100. The van der Waals surface area contributed by atoms with Crippen LogP contribution in [0.4, 0.5) is 5.69 Å². The molecule has 0 spiro atoms. The normalized spacial score (nSPS) is 10.4. The van der Waals surface area contributed by atoms with E-state index >= 15 is 0 Å². The van der Waals surface area contributed by atoms with Crippen LogP contribution in [-0.2, 0) is 7.05 Å². The highest BCUT2D eigenvalue weighted by atomic mass is 35.5. The summed E-state index contributed by atoms with van der Waals surface area (Å²) < 4.78 is 1.83. The number of nitrogens with zero attached hydrogens (tertiary/aromatic N) is 2. The lowest BCUT2D eigenvalue weighted by Crippen LogP contribution is -1.91. The van der Waals surface area contributed by atoms with Gasteiger partial charge in [0.15, 0.2) is 0 Å². The van der Waals surface area contributed by atoms with E-state index in [1.165, 1.54) is 0 Å². The molecule has 0 bridgehead atoms. The van der Waals surface area contributed by atoms with E-state index in [0.29, 0.717) is 5.28 Å². The first-order chi connectivity index (χ1) is 6.68. The van der Waals surface area contributed by atoms with E-state index in [1.54, 1.807) is 6.20 Å². The second kappa shape index (κ2) is 3.35. The van der Waals surface area contributed by atoms with Crippen LogP contribution in [-0.4, -0.2) is 9.55 Å². The smallest absolute Gasteiger partial charge is 0.202 e. The van der Waals surface area contributed by atoms with Crippen molar-refractivity contribution in [3.8, 4) is 11.3 Å². The Bertz CT molecular complexity index is 445. The summed E-state index contributed by atoms with van der Waals surface area (Å²) >= 11 is 5.84. The SMILES string of the molecule is Cn1c(-c2ccc(N)cc2)cnc1Cl. The first-order valence-electron chi connectivity index (χ1n) is 4.21. The molecule has 0 fully saturated rings. The van der Waals surface area contributed by atoms with Crippen LogP contribution in [0.2, 0.25) is 5.28 Å². The number of nitrogen functional groups attached to an aromatic ring is 1. The Hall–Kier alpha value is -1.48. The van der Waals surface area contributed by atoms with Crippen LogP contribution in [0.5, 0.6) is 0 Å². The summed E-state index contributed by atoms with van der Waals surface area (Å²) in [5.74, 6) is 0. The quantitative estimate of drug-likeness (QED) is 0.730. The molecule has 4 heteroatoms. The molecule has 1 heterocycles. The molecule has 3 nitrogen and oxygen atoms in total. The highest BCUT2D eigenvalue weighted by Gasteiger charge is 2.05. The van der Waals surface area contributed by atoms with Crippen LogP contribution < -0.4 is 5.73 Å². The third kappa shape index (κ3) is 1.46. The van der Waals surface area contributed by atoms with Crippen LogP contribution in [0.3, 0.4) is 0 Å². The molecular weight excluding hydrogens is 198 g/mol. The van der Waals surface area contributed by atoms with E-state index in [1.807, 2.05) is 35.9 Å². The van der Waals surface area contributed by atoms with E-state index in [0.717, 1.165) is 16.9 Å². The zero-order chi connectivity index (χ0) is 10.1. The number of halogens is 1. The first-order valence-corrected chi connectivity index (χ1v) is 4.59. The van der Waals surface area contributed by atoms with E-state index in [4.69, 9.17) is 17.3 Å². The van der Waals surface area contributed by atoms with Gasteiger partial charge in [-0.15, -0.1) is 0 Å². The largest absolute Gasteiger partial charge is 0.399 e. The average Bonchev–Trinajstić information content (AvgIpc) is 2.50. The minimum absolute atomic E-state index is 0.483. The highest BCUT2D eigenvalue weighted by Crippen LogP contribution is 2.22. The predicted octanol–water partition coefficient (Wildman–Crippen LogP) is 2.32. The molecule has 0 radical (unpaired) electrons. The number of anilines is 1. The molecule has 0 aliphatic carbocycles. The lowest BCUT2D eigenvalue weighted by atomic mass is 10.1. The Morgan fingerprint density at radius 2 is 1.93 bits per heavy atom. The van der Waals surface area contributed by atoms with Gasteiger partial charge in [-0.25, -0.2) is 4.98 Å². The summed E-state index contributed by atoms with van der Waals surface area (Å²) in [6, 6.07) is 7.61. The Labute approximate surface area is 87.1 Å². The summed E-state index contributed by atoms with van der Waals surface area (Å²) in [5.41, 5.74) is 8.39. The Morgan fingerprint density at radius 3 is 2.43 bits per heavy atom.